The monoisotopic (exact) mass is 406 g/mol. The number of para-hydroxylation sites is 1. The average molecular weight is 407 g/mol. The number of nitrogens with zero attached hydrogens (tertiary/aromatic N) is 2. The smallest absolute Gasteiger partial charge is 0.157 e. The quantitative estimate of drug-likeness (QED) is 0.311. The molecule has 0 radical (unpaired) electrons. The van der Waals surface area contributed by atoms with E-state index in [1.165, 1.54) is 16.7 Å². The van der Waals surface area contributed by atoms with Crippen LogP contribution in [0.1, 0.15) is 36.1 Å². The molecule has 3 heterocycles. The van der Waals surface area contributed by atoms with Crippen LogP contribution >= 0.6 is 0 Å². The summed E-state index contributed by atoms with van der Waals surface area (Å²) in [6, 6.07) is 23.0. The van der Waals surface area contributed by atoms with Crippen molar-refractivity contribution in [3.63, 3.8) is 0 Å². The van der Waals surface area contributed by atoms with Crippen molar-refractivity contribution in [3.8, 4) is 11.4 Å². The Morgan fingerprint density at radius 2 is 1.61 bits per heavy atom. The van der Waals surface area contributed by atoms with Crippen molar-refractivity contribution < 1.29 is 4.42 Å². The number of hydrogen-bond acceptors (Lipinski definition) is 3. The summed E-state index contributed by atoms with van der Waals surface area (Å²) in [4.78, 5) is 9.77. The van der Waals surface area contributed by atoms with Crippen LogP contribution in [0.15, 0.2) is 77.3 Å². The molecule has 5 aromatic rings. The first kappa shape index (κ1) is 19.5. The molecule has 3 heteroatoms. The van der Waals surface area contributed by atoms with E-state index in [4.69, 9.17) is 14.4 Å². The molecule has 0 atom stereocenters. The molecule has 2 aromatic carbocycles. The highest BCUT2D eigenvalue weighted by atomic mass is 16.3. The SMILES string of the molecule is Cc1cnc(-c2cc(Cc3ccccc3)c3oc4ccccc4c3n2)cc1CC(C)C. The van der Waals surface area contributed by atoms with Gasteiger partial charge in [-0.2, -0.15) is 0 Å². The molecule has 0 unspecified atom stereocenters. The molecule has 0 aliphatic carbocycles. The van der Waals surface area contributed by atoms with Crippen molar-refractivity contribution in [3.05, 3.63) is 95.2 Å². The van der Waals surface area contributed by atoms with E-state index in [1.54, 1.807) is 0 Å². The van der Waals surface area contributed by atoms with E-state index in [9.17, 15) is 0 Å². The first-order valence-corrected chi connectivity index (χ1v) is 10.9. The lowest BCUT2D eigenvalue weighted by molar-refractivity contribution is 0.644. The Labute approximate surface area is 182 Å². The molecule has 0 aliphatic heterocycles. The van der Waals surface area contributed by atoms with Gasteiger partial charge in [-0.3, -0.25) is 4.98 Å². The maximum atomic E-state index is 6.26. The van der Waals surface area contributed by atoms with Gasteiger partial charge in [0.25, 0.3) is 0 Å². The maximum absolute atomic E-state index is 6.26. The lowest BCUT2D eigenvalue weighted by Gasteiger charge is -2.11. The molecule has 0 saturated heterocycles. The molecule has 0 amide bonds. The zero-order chi connectivity index (χ0) is 21.4. The van der Waals surface area contributed by atoms with Gasteiger partial charge in [-0.1, -0.05) is 56.3 Å². The minimum absolute atomic E-state index is 0.593. The van der Waals surface area contributed by atoms with Crippen molar-refractivity contribution in [1.82, 2.24) is 9.97 Å². The summed E-state index contributed by atoms with van der Waals surface area (Å²) in [5.74, 6) is 0.593. The van der Waals surface area contributed by atoms with Gasteiger partial charge in [-0.05, 0) is 60.2 Å². The van der Waals surface area contributed by atoms with Crippen LogP contribution in [0.4, 0.5) is 0 Å². The van der Waals surface area contributed by atoms with Gasteiger partial charge in [0.05, 0.1) is 11.4 Å². The first-order valence-electron chi connectivity index (χ1n) is 10.9. The third-order valence-corrected chi connectivity index (χ3v) is 5.75. The van der Waals surface area contributed by atoms with Gasteiger partial charge in [-0.15, -0.1) is 0 Å². The predicted octanol–water partition coefficient (Wildman–Crippen LogP) is 7.14. The van der Waals surface area contributed by atoms with E-state index in [1.807, 2.05) is 30.5 Å². The summed E-state index contributed by atoms with van der Waals surface area (Å²) >= 11 is 0. The summed E-state index contributed by atoms with van der Waals surface area (Å²) in [7, 11) is 0. The zero-order valence-corrected chi connectivity index (χ0v) is 18.2. The molecule has 0 aliphatic rings. The van der Waals surface area contributed by atoms with Crippen LogP contribution < -0.4 is 0 Å². The van der Waals surface area contributed by atoms with Gasteiger partial charge >= 0.3 is 0 Å². The Morgan fingerprint density at radius 3 is 2.42 bits per heavy atom. The van der Waals surface area contributed by atoms with E-state index < -0.39 is 0 Å². The van der Waals surface area contributed by atoms with Crippen LogP contribution in [-0.2, 0) is 12.8 Å². The van der Waals surface area contributed by atoms with Crippen LogP contribution in [0.25, 0.3) is 33.5 Å². The van der Waals surface area contributed by atoms with E-state index in [0.29, 0.717) is 5.92 Å². The molecule has 0 N–H and O–H groups in total. The van der Waals surface area contributed by atoms with Crippen molar-refractivity contribution in [2.75, 3.05) is 0 Å². The Bertz CT molecular complexity index is 1370. The summed E-state index contributed by atoms with van der Waals surface area (Å²) in [5, 5.41) is 1.04. The molecular formula is C28H26N2O. The fourth-order valence-corrected chi connectivity index (χ4v) is 4.19. The standard InChI is InChI=1S/C28H26N2O/c1-18(2)13-21-15-24(29-17-19(21)3)25-16-22(14-20-9-5-4-6-10-20)28-27(30-25)23-11-7-8-12-26(23)31-28/h4-12,15-18H,13-14H2,1-3H3. The molecule has 31 heavy (non-hydrogen) atoms. The summed E-state index contributed by atoms with van der Waals surface area (Å²) in [5.41, 5.74) is 9.41. The highest BCUT2D eigenvalue weighted by Gasteiger charge is 2.16. The van der Waals surface area contributed by atoms with Gasteiger partial charge in [0, 0.05) is 23.6 Å². The number of furan rings is 1. The van der Waals surface area contributed by atoms with Crippen LogP contribution in [0.2, 0.25) is 0 Å². The highest BCUT2D eigenvalue weighted by Crippen LogP contribution is 2.33. The molecule has 154 valence electrons. The number of benzene rings is 2. The second kappa shape index (κ2) is 7.99. The molecular weight excluding hydrogens is 380 g/mol. The van der Waals surface area contributed by atoms with Gasteiger partial charge in [0.2, 0.25) is 0 Å². The van der Waals surface area contributed by atoms with Gasteiger partial charge < -0.3 is 4.42 Å². The Hall–Kier alpha value is -3.46. The minimum atomic E-state index is 0.593. The Morgan fingerprint density at radius 1 is 0.871 bits per heavy atom. The molecule has 3 nitrogen and oxygen atoms in total. The number of fused-ring (bicyclic) bond motifs is 3. The van der Waals surface area contributed by atoms with Crippen molar-refractivity contribution in [2.45, 2.75) is 33.6 Å². The highest BCUT2D eigenvalue weighted by molar-refractivity contribution is 6.04. The first-order chi connectivity index (χ1) is 15.1. The summed E-state index contributed by atoms with van der Waals surface area (Å²) in [6.45, 7) is 6.63. The van der Waals surface area contributed by atoms with Gasteiger partial charge in [0.15, 0.2) is 5.58 Å². The number of pyridine rings is 2. The normalized spacial score (nSPS) is 11.6. The average Bonchev–Trinajstić information content (AvgIpc) is 3.15. The van der Waals surface area contributed by atoms with Crippen LogP contribution in [0.5, 0.6) is 0 Å². The Kier molecular flexibility index (Phi) is 5.03. The summed E-state index contributed by atoms with van der Waals surface area (Å²) in [6.07, 6.45) is 3.80. The largest absolute Gasteiger partial charge is 0.454 e. The lowest BCUT2D eigenvalue weighted by atomic mass is 9.98. The fraction of sp³-hybridized carbons (Fsp3) is 0.214. The topological polar surface area (TPSA) is 38.9 Å². The van der Waals surface area contributed by atoms with Gasteiger partial charge in [0.1, 0.15) is 11.1 Å². The van der Waals surface area contributed by atoms with Crippen LogP contribution in [0.3, 0.4) is 0 Å². The molecule has 5 rings (SSSR count). The number of aromatic nitrogens is 2. The summed E-state index contributed by atoms with van der Waals surface area (Å²) < 4.78 is 6.26. The molecule has 0 bridgehead atoms. The fourth-order valence-electron chi connectivity index (χ4n) is 4.19. The number of rotatable bonds is 5. The van der Waals surface area contributed by atoms with Crippen molar-refractivity contribution in [1.29, 1.82) is 0 Å². The molecule has 0 spiro atoms. The maximum Gasteiger partial charge on any atom is 0.157 e. The molecule has 0 fully saturated rings. The van der Waals surface area contributed by atoms with E-state index in [0.717, 1.165) is 51.9 Å². The van der Waals surface area contributed by atoms with Crippen LogP contribution in [-0.4, -0.2) is 9.97 Å². The second-order valence-corrected chi connectivity index (χ2v) is 8.70. The minimum Gasteiger partial charge on any atom is -0.454 e. The van der Waals surface area contributed by atoms with E-state index >= 15 is 0 Å². The number of aryl methyl sites for hydroxylation is 1. The lowest BCUT2D eigenvalue weighted by Crippen LogP contribution is -2.00. The third kappa shape index (κ3) is 3.84. The van der Waals surface area contributed by atoms with Crippen molar-refractivity contribution in [2.24, 2.45) is 5.92 Å². The van der Waals surface area contributed by atoms with Crippen molar-refractivity contribution >= 4 is 22.1 Å². The third-order valence-electron chi connectivity index (χ3n) is 5.75. The predicted molar refractivity (Wildman–Crippen MR) is 127 cm³/mol. The molecule has 0 saturated carbocycles. The van der Waals surface area contributed by atoms with E-state index in [-0.39, 0.29) is 0 Å². The Balaban J connectivity index is 1.71. The molecule has 3 aromatic heterocycles. The van der Waals surface area contributed by atoms with Crippen LogP contribution in [0, 0.1) is 12.8 Å². The van der Waals surface area contributed by atoms with Gasteiger partial charge in [-0.25, -0.2) is 4.98 Å². The van der Waals surface area contributed by atoms with E-state index in [2.05, 4.69) is 63.2 Å². The number of hydrogen-bond donors (Lipinski definition) is 0. The second-order valence-electron chi connectivity index (χ2n) is 8.70. The zero-order valence-electron chi connectivity index (χ0n) is 18.2.